The van der Waals surface area contributed by atoms with Crippen LogP contribution in [0.2, 0.25) is 0 Å². The summed E-state index contributed by atoms with van der Waals surface area (Å²) in [4.78, 5) is 11.3. The first-order chi connectivity index (χ1) is 6.17. The molecule has 1 N–H and O–H groups in total. The van der Waals surface area contributed by atoms with E-state index in [4.69, 9.17) is 5.11 Å². The molecule has 0 atom stereocenters. The van der Waals surface area contributed by atoms with E-state index in [9.17, 15) is 4.79 Å². The van der Waals surface area contributed by atoms with Crippen LogP contribution in [0.15, 0.2) is 22.7 Å². The van der Waals surface area contributed by atoms with Crippen molar-refractivity contribution in [2.75, 3.05) is 0 Å². The molecule has 0 aliphatic carbocycles. The van der Waals surface area contributed by atoms with Gasteiger partial charge in [0.05, 0.1) is 6.61 Å². The number of Topliss-reactive ketones (excluding diaryl/α,β-unsaturated/α-hetero) is 1. The molecule has 70 valence electrons. The third-order valence-corrected chi connectivity index (χ3v) is 2.24. The summed E-state index contributed by atoms with van der Waals surface area (Å²) in [5.41, 5.74) is 1.41. The van der Waals surface area contributed by atoms with Crippen LogP contribution in [0.1, 0.15) is 29.3 Å². The van der Waals surface area contributed by atoms with Crippen molar-refractivity contribution in [1.29, 1.82) is 0 Å². The van der Waals surface area contributed by atoms with Gasteiger partial charge in [-0.3, -0.25) is 4.79 Å². The van der Waals surface area contributed by atoms with Crippen LogP contribution in [0.4, 0.5) is 0 Å². The maximum Gasteiger partial charge on any atom is 0.162 e. The van der Waals surface area contributed by atoms with E-state index in [-0.39, 0.29) is 12.4 Å². The molecule has 0 spiro atoms. The molecule has 0 saturated heterocycles. The summed E-state index contributed by atoms with van der Waals surface area (Å²) in [5.74, 6) is 0.0935. The minimum absolute atomic E-state index is 0.0383. The topological polar surface area (TPSA) is 37.3 Å². The van der Waals surface area contributed by atoms with Crippen molar-refractivity contribution < 1.29 is 9.90 Å². The number of aliphatic hydroxyl groups is 1. The molecule has 0 aromatic heterocycles. The van der Waals surface area contributed by atoms with E-state index in [0.717, 1.165) is 10.0 Å². The maximum absolute atomic E-state index is 11.3. The molecule has 0 fully saturated rings. The van der Waals surface area contributed by atoms with Gasteiger partial charge in [0, 0.05) is 16.5 Å². The molecule has 0 radical (unpaired) electrons. The number of carbonyl (C=O) groups excluding carboxylic acids is 1. The average molecular weight is 243 g/mol. The van der Waals surface area contributed by atoms with Crippen molar-refractivity contribution in [3.8, 4) is 0 Å². The predicted octanol–water partition coefficient (Wildman–Crippen LogP) is 2.53. The summed E-state index contributed by atoms with van der Waals surface area (Å²) in [6.45, 7) is 1.78. The van der Waals surface area contributed by atoms with Crippen molar-refractivity contribution in [3.63, 3.8) is 0 Å². The van der Waals surface area contributed by atoms with E-state index in [1.54, 1.807) is 18.2 Å². The SMILES string of the molecule is CCC(=O)c1cc(Br)cc(CO)c1. The first-order valence-corrected chi connectivity index (χ1v) is 4.90. The van der Waals surface area contributed by atoms with Crippen molar-refractivity contribution in [2.24, 2.45) is 0 Å². The third kappa shape index (κ3) is 2.64. The van der Waals surface area contributed by atoms with Gasteiger partial charge < -0.3 is 5.11 Å². The summed E-state index contributed by atoms with van der Waals surface area (Å²) in [7, 11) is 0. The van der Waals surface area contributed by atoms with Gasteiger partial charge in [0.2, 0.25) is 0 Å². The van der Waals surface area contributed by atoms with Gasteiger partial charge in [0.15, 0.2) is 5.78 Å². The van der Waals surface area contributed by atoms with Crippen LogP contribution < -0.4 is 0 Å². The number of benzene rings is 1. The minimum Gasteiger partial charge on any atom is -0.392 e. The van der Waals surface area contributed by atoms with E-state index in [1.807, 2.05) is 6.92 Å². The predicted molar refractivity (Wildman–Crippen MR) is 54.7 cm³/mol. The standard InChI is InChI=1S/C10H11BrO2/c1-2-10(13)8-3-7(6-12)4-9(11)5-8/h3-5,12H,2,6H2,1H3. The van der Waals surface area contributed by atoms with Gasteiger partial charge in [0.25, 0.3) is 0 Å². The molecule has 0 saturated carbocycles. The van der Waals surface area contributed by atoms with Gasteiger partial charge in [-0.2, -0.15) is 0 Å². The van der Waals surface area contributed by atoms with Crippen LogP contribution in [0.3, 0.4) is 0 Å². The summed E-state index contributed by atoms with van der Waals surface area (Å²) in [6, 6.07) is 5.29. The van der Waals surface area contributed by atoms with Gasteiger partial charge in [-0.1, -0.05) is 22.9 Å². The summed E-state index contributed by atoms with van der Waals surface area (Å²) >= 11 is 3.29. The smallest absolute Gasteiger partial charge is 0.162 e. The van der Waals surface area contributed by atoms with Crippen molar-refractivity contribution in [3.05, 3.63) is 33.8 Å². The number of halogens is 1. The lowest BCUT2D eigenvalue weighted by Crippen LogP contribution is -1.98. The van der Waals surface area contributed by atoms with Gasteiger partial charge in [0.1, 0.15) is 0 Å². The zero-order chi connectivity index (χ0) is 9.84. The molecule has 1 rings (SSSR count). The second kappa shape index (κ2) is 4.53. The van der Waals surface area contributed by atoms with Crippen LogP contribution in [0, 0.1) is 0 Å². The molecule has 0 heterocycles. The normalized spacial score (nSPS) is 10.1. The molecule has 2 nitrogen and oxygen atoms in total. The van der Waals surface area contributed by atoms with E-state index in [2.05, 4.69) is 15.9 Å². The number of aliphatic hydroxyl groups excluding tert-OH is 1. The molecule has 0 bridgehead atoms. The van der Waals surface area contributed by atoms with Gasteiger partial charge >= 0.3 is 0 Å². The third-order valence-electron chi connectivity index (χ3n) is 1.78. The van der Waals surface area contributed by atoms with E-state index >= 15 is 0 Å². The Morgan fingerprint density at radius 3 is 2.69 bits per heavy atom. The minimum atomic E-state index is -0.0383. The second-order valence-corrected chi connectivity index (χ2v) is 3.70. The summed E-state index contributed by atoms with van der Waals surface area (Å²) in [5, 5.41) is 8.91. The number of rotatable bonds is 3. The highest BCUT2D eigenvalue weighted by molar-refractivity contribution is 9.10. The number of hydrogen-bond acceptors (Lipinski definition) is 2. The maximum atomic E-state index is 11.3. The highest BCUT2D eigenvalue weighted by Crippen LogP contribution is 2.17. The fourth-order valence-electron chi connectivity index (χ4n) is 1.11. The molecular weight excluding hydrogens is 232 g/mol. The molecule has 3 heteroatoms. The van der Waals surface area contributed by atoms with Gasteiger partial charge in [-0.05, 0) is 23.8 Å². The van der Waals surface area contributed by atoms with E-state index in [1.165, 1.54) is 0 Å². The summed E-state index contributed by atoms with van der Waals surface area (Å²) < 4.78 is 0.829. The Morgan fingerprint density at radius 2 is 2.15 bits per heavy atom. The summed E-state index contributed by atoms with van der Waals surface area (Å²) in [6.07, 6.45) is 0.487. The molecule has 13 heavy (non-hydrogen) atoms. The highest BCUT2D eigenvalue weighted by atomic mass is 79.9. The first-order valence-electron chi connectivity index (χ1n) is 4.11. The number of carbonyl (C=O) groups is 1. The molecule has 0 unspecified atom stereocenters. The van der Waals surface area contributed by atoms with Gasteiger partial charge in [-0.15, -0.1) is 0 Å². The molecule has 1 aromatic rings. The van der Waals surface area contributed by atoms with Gasteiger partial charge in [-0.25, -0.2) is 0 Å². The molecular formula is C10H11BrO2. The fourth-order valence-corrected chi connectivity index (χ4v) is 1.65. The zero-order valence-corrected chi connectivity index (χ0v) is 8.97. The van der Waals surface area contributed by atoms with Crippen LogP contribution in [-0.2, 0) is 6.61 Å². The fraction of sp³-hybridized carbons (Fsp3) is 0.300. The Balaban J connectivity index is 3.08. The van der Waals surface area contributed by atoms with Crippen molar-refractivity contribution >= 4 is 21.7 Å². The largest absolute Gasteiger partial charge is 0.392 e. The van der Waals surface area contributed by atoms with Crippen LogP contribution in [0.5, 0.6) is 0 Å². The first kappa shape index (κ1) is 10.4. The monoisotopic (exact) mass is 242 g/mol. The van der Waals surface area contributed by atoms with Crippen LogP contribution in [-0.4, -0.2) is 10.9 Å². The lowest BCUT2D eigenvalue weighted by atomic mass is 10.1. The van der Waals surface area contributed by atoms with Crippen molar-refractivity contribution in [1.82, 2.24) is 0 Å². The zero-order valence-electron chi connectivity index (χ0n) is 7.38. The van der Waals surface area contributed by atoms with E-state index < -0.39 is 0 Å². The number of hydrogen-bond donors (Lipinski definition) is 1. The Bertz CT molecular complexity index is 321. The Hall–Kier alpha value is -0.670. The lowest BCUT2D eigenvalue weighted by molar-refractivity contribution is 0.0988. The molecule has 0 aliphatic heterocycles. The average Bonchev–Trinajstić information content (AvgIpc) is 2.15. The second-order valence-electron chi connectivity index (χ2n) is 2.78. The Morgan fingerprint density at radius 1 is 1.46 bits per heavy atom. The van der Waals surface area contributed by atoms with E-state index in [0.29, 0.717) is 12.0 Å². The number of ketones is 1. The Kier molecular flexibility index (Phi) is 3.63. The quantitative estimate of drug-likeness (QED) is 0.828. The van der Waals surface area contributed by atoms with Crippen molar-refractivity contribution in [2.45, 2.75) is 20.0 Å². The lowest BCUT2D eigenvalue weighted by Gasteiger charge is -2.02. The Labute approximate surface area is 85.7 Å². The highest BCUT2D eigenvalue weighted by Gasteiger charge is 2.05. The van der Waals surface area contributed by atoms with Crippen LogP contribution >= 0.6 is 15.9 Å². The van der Waals surface area contributed by atoms with Crippen LogP contribution in [0.25, 0.3) is 0 Å². The molecule has 1 aromatic carbocycles. The molecule has 0 aliphatic rings. The molecule has 0 amide bonds.